The standard InChI is InChI=1S/C15H13N3O6/c1-9-4-3-5-11(6-9)16-14-12(17(20)21)7-10(15(19)24-2)8-13(14)18(22)23/h3-8,16H,1-2H3. The SMILES string of the molecule is COC(=O)c1cc([N+](=O)[O-])c(Nc2cccc(C)c2)c([N+](=O)[O-])c1. The Morgan fingerprint density at radius 2 is 1.67 bits per heavy atom. The van der Waals surface area contributed by atoms with E-state index in [-0.39, 0.29) is 11.3 Å². The van der Waals surface area contributed by atoms with E-state index in [9.17, 15) is 25.0 Å². The first kappa shape index (κ1) is 16.9. The molecule has 2 rings (SSSR count). The molecule has 2 aromatic rings. The molecule has 9 heteroatoms. The monoisotopic (exact) mass is 331 g/mol. The summed E-state index contributed by atoms with van der Waals surface area (Å²) in [7, 11) is 1.08. The van der Waals surface area contributed by atoms with E-state index >= 15 is 0 Å². The van der Waals surface area contributed by atoms with Gasteiger partial charge in [0.15, 0.2) is 5.69 Å². The third kappa shape index (κ3) is 3.46. The van der Waals surface area contributed by atoms with Crippen molar-refractivity contribution in [3.05, 3.63) is 67.8 Å². The Labute approximate surface area is 136 Å². The Balaban J connectivity index is 2.65. The maximum absolute atomic E-state index is 11.6. The van der Waals surface area contributed by atoms with Crippen molar-refractivity contribution in [2.24, 2.45) is 0 Å². The van der Waals surface area contributed by atoms with E-state index < -0.39 is 27.2 Å². The molecule has 0 spiro atoms. The van der Waals surface area contributed by atoms with Gasteiger partial charge in [-0.2, -0.15) is 0 Å². The molecule has 0 aliphatic rings. The van der Waals surface area contributed by atoms with Gasteiger partial charge in [-0.15, -0.1) is 0 Å². The number of carbonyl (C=O) groups excluding carboxylic acids is 1. The topological polar surface area (TPSA) is 125 Å². The predicted octanol–water partition coefficient (Wildman–Crippen LogP) is 3.34. The van der Waals surface area contributed by atoms with Crippen LogP contribution in [0.25, 0.3) is 0 Å². The van der Waals surface area contributed by atoms with Crippen molar-refractivity contribution in [3.8, 4) is 0 Å². The molecule has 0 fully saturated rings. The van der Waals surface area contributed by atoms with Gasteiger partial charge in [-0.3, -0.25) is 20.2 Å². The number of anilines is 2. The fraction of sp³-hybridized carbons (Fsp3) is 0.133. The molecule has 124 valence electrons. The highest BCUT2D eigenvalue weighted by atomic mass is 16.6. The van der Waals surface area contributed by atoms with Crippen LogP contribution in [0.5, 0.6) is 0 Å². The van der Waals surface area contributed by atoms with Gasteiger partial charge in [-0.05, 0) is 24.6 Å². The lowest BCUT2D eigenvalue weighted by molar-refractivity contribution is -0.392. The van der Waals surface area contributed by atoms with Crippen LogP contribution in [0.4, 0.5) is 22.7 Å². The highest BCUT2D eigenvalue weighted by molar-refractivity contribution is 5.94. The lowest BCUT2D eigenvalue weighted by Gasteiger charge is -2.10. The van der Waals surface area contributed by atoms with Crippen LogP contribution >= 0.6 is 0 Å². The van der Waals surface area contributed by atoms with Crippen LogP contribution in [0.2, 0.25) is 0 Å². The maximum atomic E-state index is 11.6. The molecule has 1 N–H and O–H groups in total. The zero-order valence-corrected chi connectivity index (χ0v) is 12.8. The summed E-state index contributed by atoms with van der Waals surface area (Å²) in [6, 6.07) is 8.71. The normalized spacial score (nSPS) is 10.1. The van der Waals surface area contributed by atoms with Crippen LogP contribution in [0.1, 0.15) is 15.9 Å². The first-order valence-corrected chi connectivity index (χ1v) is 6.72. The Kier molecular flexibility index (Phi) is 4.73. The van der Waals surface area contributed by atoms with Gasteiger partial charge in [0.1, 0.15) is 0 Å². The Hall–Kier alpha value is -3.49. The minimum Gasteiger partial charge on any atom is -0.465 e. The fourth-order valence-electron chi connectivity index (χ4n) is 2.13. The van der Waals surface area contributed by atoms with Crippen molar-refractivity contribution in [1.29, 1.82) is 0 Å². The van der Waals surface area contributed by atoms with Crippen LogP contribution in [0.3, 0.4) is 0 Å². The Morgan fingerprint density at radius 1 is 1.08 bits per heavy atom. The van der Waals surface area contributed by atoms with E-state index in [0.717, 1.165) is 24.8 Å². The molecule has 0 atom stereocenters. The molecule has 24 heavy (non-hydrogen) atoms. The summed E-state index contributed by atoms with van der Waals surface area (Å²) in [4.78, 5) is 32.6. The largest absolute Gasteiger partial charge is 0.465 e. The molecule has 0 radical (unpaired) electrons. The second-order valence-corrected chi connectivity index (χ2v) is 4.89. The minimum atomic E-state index is -0.900. The third-order valence-corrected chi connectivity index (χ3v) is 3.20. The smallest absolute Gasteiger partial charge is 0.338 e. The van der Waals surface area contributed by atoms with Crippen LogP contribution < -0.4 is 5.32 Å². The van der Waals surface area contributed by atoms with E-state index in [0.29, 0.717) is 5.69 Å². The number of hydrogen-bond donors (Lipinski definition) is 1. The lowest BCUT2D eigenvalue weighted by Crippen LogP contribution is -2.07. The number of rotatable bonds is 5. The number of nitro benzene ring substituents is 2. The van der Waals surface area contributed by atoms with Crippen LogP contribution in [0.15, 0.2) is 36.4 Å². The van der Waals surface area contributed by atoms with Gasteiger partial charge in [0.05, 0.1) is 22.5 Å². The number of carbonyl (C=O) groups is 1. The molecule has 9 nitrogen and oxygen atoms in total. The average Bonchev–Trinajstić information content (AvgIpc) is 2.53. The van der Waals surface area contributed by atoms with Crippen molar-refractivity contribution < 1.29 is 19.4 Å². The van der Waals surface area contributed by atoms with Crippen molar-refractivity contribution >= 4 is 28.7 Å². The molecule has 0 aliphatic carbocycles. The van der Waals surface area contributed by atoms with E-state index in [1.807, 2.05) is 13.0 Å². The van der Waals surface area contributed by atoms with Crippen molar-refractivity contribution in [3.63, 3.8) is 0 Å². The van der Waals surface area contributed by atoms with E-state index in [1.165, 1.54) is 0 Å². The number of hydrogen-bond acceptors (Lipinski definition) is 7. The fourth-order valence-corrected chi connectivity index (χ4v) is 2.13. The van der Waals surface area contributed by atoms with Crippen molar-refractivity contribution in [2.75, 3.05) is 12.4 Å². The first-order chi connectivity index (χ1) is 11.3. The lowest BCUT2D eigenvalue weighted by atomic mass is 10.1. The maximum Gasteiger partial charge on any atom is 0.338 e. The molecule has 0 heterocycles. The van der Waals surface area contributed by atoms with E-state index in [1.54, 1.807) is 18.2 Å². The molecule has 2 aromatic carbocycles. The van der Waals surface area contributed by atoms with Gasteiger partial charge >= 0.3 is 17.3 Å². The molecule has 0 aromatic heterocycles. The van der Waals surface area contributed by atoms with Gasteiger partial charge < -0.3 is 10.1 Å². The predicted molar refractivity (Wildman–Crippen MR) is 85.6 cm³/mol. The second-order valence-electron chi connectivity index (χ2n) is 4.89. The molecule has 0 saturated carbocycles. The number of ether oxygens (including phenoxy) is 1. The summed E-state index contributed by atoms with van der Waals surface area (Å²) in [6.07, 6.45) is 0. The summed E-state index contributed by atoms with van der Waals surface area (Å²) >= 11 is 0. The minimum absolute atomic E-state index is 0.273. The number of nitrogens with zero attached hydrogens (tertiary/aromatic N) is 2. The summed E-state index contributed by atoms with van der Waals surface area (Å²) in [6.45, 7) is 1.81. The Morgan fingerprint density at radius 3 is 2.12 bits per heavy atom. The highest BCUT2D eigenvalue weighted by Crippen LogP contribution is 2.38. The first-order valence-electron chi connectivity index (χ1n) is 6.72. The van der Waals surface area contributed by atoms with Crippen LogP contribution in [-0.2, 0) is 4.74 Å². The highest BCUT2D eigenvalue weighted by Gasteiger charge is 2.29. The van der Waals surface area contributed by atoms with E-state index in [2.05, 4.69) is 10.1 Å². The number of methoxy groups -OCH3 is 1. The number of nitrogens with one attached hydrogen (secondary N) is 1. The number of aryl methyl sites for hydroxylation is 1. The molecular formula is C15H13N3O6. The number of esters is 1. The number of nitro groups is 2. The van der Waals surface area contributed by atoms with Crippen LogP contribution in [-0.4, -0.2) is 22.9 Å². The van der Waals surface area contributed by atoms with Gasteiger partial charge in [0.2, 0.25) is 0 Å². The summed E-state index contributed by atoms with van der Waals surface area (Å²) < 4.78 is 4.48. The van der Waals surface area contributed by atoms with Gasteiger partial charge in [0, 0.05) is 17.8 Å². The Bertz CT molecular complexity index is 799. The number of benzene rings is 2. The molecule has 0 amide bonds. The summed E-state index contributed by atoms with van der Waals surface area (Å²) in [5, 5.41) is 25.3. The van der Waals surface area contributed by atoms with Crippen LogP contribution in [0, 0.1) is 27.2 Å². The summed E-state index contributed by atoms with van der Waals surface area (Å²) in [5.74, 6) is -0.900. The van der Waals surface area contributed by atoms with Crippen molar-refractivity contribution in [1.82, 2.24) is 0 Å². The van der Waals surface area contributed by atoms with Gasteiger partial charge in [-0.1, -0.05) is 12.1 Å². The average molecular weight is 331 g/mol. The zero-order chi connectivity index (χ0) is 17.9. The quantitative estimate of drug-likeness (QED) is 0.506. The molecule has 0 aliphatic heterocycles. The van der Waals surface area contributed by atoms with Crippen molar-refractivity contribution in [2.45, 2.75) is 6.92 Å². The molecule has 0 unspecified atom stereocenters. The van der Waals surface area contributed by atoms with E-state index in [4.69, 9.17) is 0 Å². The second kappa shape index (κ2) is 6.73. The molecule has 0 saturated heterocycles. The summed E-state index contributed by atoms with van der Waals surface area (Å²) in [5.41, 5.74) is -0.435. The van der Waals surface area contributed by atoms with Gasteiger partial charge in [-0.25, -0.2) is 4.79 Å². The molecule has 0 bridgehead atoms. The van der Waals surface area contributed by atoms with Gasteiger partial charge in [0.25, 0.3) is 0 Å². The third-order valence-electron chi connectivity index (χ3n) is 3.20. The zero-order valence-electron chi connectivity index (χ0n) is 12.8. The molecular weight excluding hydrogens is 318 g/mol.